The number of anilines is 1. The van der Waals surface area contributed by atoms with E-state index in [0.717, 1.165) is 18.5 Å². The SMILES string of the molecule is C[C@@H](Nc1cccc(I)c1)C(=O)NC1CCCC1. The van der Waals surface area contributed by atoms with Crippen LogP contribution in [0.3, 0.4) is 0 Å². The molecule has 0 saturated heterocycles. The molecule has 0 spiro atoms. The topological polar surface area (TPSA) is 41.1 Å². The van der Waals surface area contributed by atoms with Crippen molar-refractivity contribution in [2.75, 3.05) is 5.32 Å². The highest BCUT2D eigenvalue weighted by atomic mass is 127. The summed E-state index contributed by atoms with van der Waals surface area (Å²) in [6.45, 7) is 1.91. The van der Waals surface area contributed by atoms with E-state index >= 15 is 0 Å². The monoisotopic (exact) mass is 358 g/mol. The highest BCUT2D eigenvalue weighted by Gasteiger charge is 2.20. The van der Waals surface area contributed by atoms with Crippen LogP contribution < -0.4 is 10.6 Å². The zero-order valence-corrected chi connectivity index (χ0v) is 12.7. The van der Waals surface area contributed by atoms with Crippen molar-refractivity contribution in [3.63, 3.8) is 0 Å². The van der Waals surface area contributed by atoms with Gasteiger partial charge in [-0.25, -0.2) is 0 Å². The summed E-state index contributed by atoms with van der Waals surface area (Å²) in [5.74, 6) is 0.0979. The molecule has 98 valence electrons. The van der Waals surface area contributed by atoms with E-state index in [1.807, 2.05) is 31.2 Å². The van der Waals surface area contributed by atoms with Crippen LogP contribution in [0.15, 0.2) is 24.3 Å². The molecule has 1 fully saturated rings. The molecular weight excluding hydrogens is 339 g/mol. The Bertz CT molecular complexity index is 416. The van der Waals surface area contributed by atoms with Crippen molar-refractivity contribution in [3.05, 3.63) is 27.8 Å². The first kappa shape index (κ1) is 13.6. The lowest BCUT2D eigenvalue weighted by Gasteiger charge is -2.18. The number of hydrogen-bond acceptors (Lipinski definition) is 2. The minimum atomic E-state index is -0.191. The van der Waals surface area contributed by atoms with Crippen molar-refractivity contribution in [1.82, 2.24) is 5.32 Å². The number of carbonyl (C=O) groups excluding carboxylic acids is 1. The first-order valence-electron chi connectivity index (χ1n) is 6.47. The van der Waals surface area contributed by atoms with Gasteiger partial charge in [-0.15, -0.1) is 0 Å². The maximum atomic E-state index is 12.0. The van der Waals surface area contributed by atoms with Crippen LogP contribution in [0.2, 0.25) is 0 Å². The molecule has 18 heavy (non-hydrogen) atoms. The van der Waals surface area contributed by atoms with Crippen molar-refractivity contribution in [3.8, 4) is 0 Å². The fraction of sp³-hybridized carbons (Fsp3) is 0.500. The summed E-state index contributed by atoms with van der Waals surface area (Å²) in [5, 5.41) is 6.35. The van der Waals surface area contributed by atoms with E-state index < -0.39 is 0 Å². The predicted molar refractivity (Wildman–Crippen MR) is 82.6 cm³/mol. The zero-order valence-electron chi connectivity index (χ0n) is 10.6. The van der Waals surface area contributed by atoms with Crippen molar-refractivity contribution < 1.29 is 4.79 Å². The van der Waals surface area contributed by atoms with Gasteiger partial charge in [0.05, 0.1) is 0 Å². The van der Waals surface area contributed by atoms with Gasteiger partial charge in [0.15, 0.2) is 0 Å². The molecular formula is C14H19IN2O. The van der Waals surface area contributed by atoms with E-state index in [0.29, 0.717) is 6.04 Å². The molecule has 0 aliphatic heterocycles. The number of carbonyl (C=O) groups is 1. The van der Waals surface area contributed by atoms with Crippen molar-refractivity contribution >= 4 is 34.2 Å². The molecule has 4 heteroatoms. The highest BCUT2D eigenvalue weighted by Crippen LogP contribution is 2.18. The Labute approximate surface area is 122 Å². The van der Waals surface area contributed by atoms with Gasteiger partial charge < -0.3 is 10.6 Å². The second kappa shape index (κ2) is 6.41. The lowest BCUT2D eigenvalue weighted by Crippen LogP contribution is -2.42. The number of hydrogen-bond donors (Lipinski definition) is 2. The van der Waals surface area contributed by atoms with E-state index in [2.05, 4.69) is 33.2 Å². The molecule has 0 heterocycles. The van der Waals surface area contributed by atoms with Crippen LogP contribution in [0, 0.1) is 3.57 Å². The average molecular weight is 358 g/mol. The summed E-state index contributed by atoms with van der Waals surface area (Å²) in [6, 6.07) is 8.25. The Morgan fingerprint density at radius 2 is 2.11 bits per heavy atom. The molecule has 2 rings (SSSR count). The molecule has 0 radical (unpaired) electrons. The maximum Gasteiger partial charge on any atom is 0.242 e. The Hall–Kier alpha value is -0.780. The van der Waals surface area contributed by atoms with Gasteiger partial charge in [-0.1, -0.05) is 18.9 Å². The third kappa shape index (κ3) is 3.86. The van der Waals surface area contributed by atoms with Gasteiger partial charge in [-0.2, -0.15) is 0 Å². The van der Waals surface area contributed by atoms with Crippen LogP contribution >= 0.6 is 22.6 Å². The van der Waals surface area contributed by atoms with Gasteiger partial charge in [0, 0.05) is 15.3 Å². The van der Waals surface area contributed by atoms with Crippen LogP contribution in [0.25, 0.3) is 0 Å². The fourth-order valence-corrected chi connectivity index (χ4v) is 2.83. The fourth-order valence-electron chi connectivity index (χ4n) is 2.29. The van der Waals surface area contributed by atoms with Gasteiger partial charge in [0.2, 0.25) is 5.91 Å². The Kier molecular flexibility index (Phi) is 4.86. The molecule has 2 N–H and O–H groups in total. The molecule has 1 atom stereocenters. The van der Waals surface area contributed by atoms with Crippen LogP contribution in [-0.2, 0) is 4.79 Å². The first-order chi connectivity index (χ1) is 8.65. The van der Waals surface area contributed by atoms with E-state index in [9.17, 15) is 4.79 Å². The van der Waals surface area contributed by atoms with Gasteiger partial charge in [0.25, 0.3) is 0 Å². The highest BCUT2D eigenvalue weighted by molar-refractivity contribution is 14.1. The lowest BCUT2D eigenvalue weighted by molar-refractivity contribution is -0.122. The van der Waals surface area contributed by atoms with Gasteiger partial charge in [-0.05, 0) is 60.6 Å². The molecule has 1 saturated carbocycles. The van der Waals surface area contributed by atoms with E-state index in [-0.39, 0.29) is 11.9 Å². The standard InChI is InChI=1S/C14H19IN2O/c1-10(14(18)17-12-6-2-3-7-12)16-13-8-4-5-11(15)9-13/h4-5,8-10,12,16H,2-3,6-7H2,1H3,(H,17,18)/t10-/m1/s1. The second-order valence-corrected chi connectivity index (χ2v) is 6.11. The van der Waals surface area contributed by atoms with Crippen LogP contribution in [0.1, 0.15) is 32.6 Å². The molecule has 1 aromatic rings. The lowest BCUT2D eigenvalue weighted by atomic mass is 10.2. The summed E-state index contributed by atoms with van der Waals surface area (Å²) >= 11 is 2.27. The molecule has 1 amide bonds. The number of halogens is 1. The Morgan fingerprint density at radius 1 is 1.39 bits per heavy atom. The summed E-state index contributed by atoms with van der Waals surface area (Å²) < 4.78 is 1.17. The average Bonchev–Trinajstić information content (AvgIpc) is 2.81. The van der Waals surface area contributed by atoms with Crippen LogP contribution in [0.5, 0.6) is 0 Å². The minimum Gasteiger partial charge on any atom is -0.374 e. The summed E-state index contributed by atoms with van der Waals surface area (Å²) in [7, 11) is 0. The minimum absolute atomic E-state index is 0.0979. The largest absolute Gasteiger partial charge is 0.374 e. The van der Waals surface area contributed by atoms with Gasteiger partial charge in [0.1, 0.15) is 6.04 Å². The van der Waals surface area contributed by atoms with Crippen molar-refractivity contribution in [1.29, 1.82) is 0 Å². The van der Waals surface area contributed by atoms with Crippen molar-refractivity contribution in [2.45, 2.75) is 44.7 Å². The van der Waals surface area contributed by atoms with Crippen molar-refractivity contribution in [2.24, 2.45) is 0 Å². The molecule has 0 bridgehead atoms. The molecule has 0 aromatic heterocycles. The predicted octanol–water partition coefficient (Wildman–Crippen LogP) is 3.15. The van der Waals surface area contributed by atoms with E-state index in [1.165, 1.54) is 16.4 Å². The van der Waals surface area contributed by atoms with E-state index in [1.54, 1.807) is 0 Å². The maximum absolute atomic E-state index is 12.0. The molecule has 1 aliphatic carbocycles. The number of rotatable bonds is 4. The second-order valence-electron chi connectivity index (χ2n) is 4.87. The first-order valence-corrected chi connectivity index (χ1v) is 7.55. The summed E-state index contributed by atoms with van der Waals surface area (Å²) in [5.41, 5.74) is 0.996. The third-order valence-corrected chi connectivity index (χ3v) is 3.97. The normalized spacial score (nSPS) is 17.4. The molecule has 1 aromatic carbocycles. The van der Waals surface area contributed by atoms with E-state index in [4.69, 9.17) is 0 Å². The quantitative estimate of drug-likeness (QED) is 0.812. The Morgan fingerprint density at radius 3 is 2.78 bits per heavy atom. The van der Waals surface area contributed by atoms with Gasteiger partial charge >= 0.3 is 0 Å². The number of benzene rings is 1. The smallest absolute Gasteiger partial charge is 0.242 e. The van der Waals surface area contributed by atoms with Gasteiger partial charge in [-0.3, -0.25) is 4.79 Å². The summed E-state index contributed by atoms with van der Waals surface area (Å²) in [4.78, 5) is 12.0. The molecule has 3 nitrogen and oxygen atoms in total. The number of nitrogens with one attached hydrogen (secondary N) is 2. The Balaban J connectivity index is 1.86. The third-order valence-electron chi connectivity index (χ3n) is 3.30. The zero-order chi connectivity index (χ0) is 13.0. The van der Waals surface area contributed by atoms with Crippen LogP contribution in [-0.4, -0.2) is 18.0 Å². The molecule has 0 unspecified atom stereocenters. The summed E-state index contributed by atoms with van der Waals surface area (Å²) in [6.07, 6.45) is 4.73. The number of amides is 1. The van der Waals surface area contributed by atoms with Crippen LogP contribution in [0.4, 0.5) is 5.69 Å². The molecule has 1 aliphatic rings.